The zero-order chi connectivity index (χ0) is 11.8. The highest BCUT2D eigenvalue weighted by Crippen LogP contribution is 2.37. The normalized spacial score (nSPS) is 12.7. The average Bonchev–Trinajstić information content (AvgIpc) is 2.87. The number of rotatable bonds is 3. The Morgan fingerprint density at radius 3 is 2.83 bits per heavy atom. The zero-order valence-corrected chi connectivity index (χ0v) is 12.2. The van der Waals surface area contributed by atoms with E-state index in [0.29, 0.717) is 6.79 Å². The van der Waals surface area contributed by atoms with Gasteiger partial charge in [0.15, 0.2) is 11.5 Å². The molecule has 18 heavy (non-hydrogen) atoms. The highest BCUT2D eigenvalue weighted by molar-refractivity contribution is 7.98. The lowest BCUT2D eigenvalue weighted by Gasteiger charge is -1.99. The van der Waals surface area contributed by atoms with E-state index in [1.165, 1.54) is 0 Å². The van der Waals surface area contributed by atoms with Crippen molar-refractivity contribution in [2.75, 3.05) is 24.5 Å². The third-order valence-corrected chi connectivity index (χ3v) is 4.31. The smallest absolute Gasteiger partial charge is 0.332 e. The van der Waals surface area contributed by atoms with Crippen LogP contribution in [0.3, 0.4) is 0 Å². The first-order valence-electron chi connectivity index (χ1n) is 5.30. The van der Waals surface area contributed by atoms with Crippen molar-refractivity contribution in [3.8, 4) is 11.5 Å². The van der Waals surface area contributed by atoms with Crippen molar-refractivity contribution < 1.29 is 26.4 Å². The molecule has 7 heteroatoms. The maximum atomic E-state index is 6.04. The summed E-state index contributed by atoms with van der Waals surface area (Å²) in [5.41, 5.74) is 7.17. The molecule has 0 aliphatic carbocycles. The van der Waals surface area contributed by atoms with Crippen molar-refractivity contribution in [3.63, 3.8) is 0 Å². The molecular formula is C11H13ClN2O2S2. The summed E-state index contributed by atoms with van der Waals surface area (Å²) < 4.78 is 14.0. The van der Waals surface area contributed by atoms with Crippen molar-refractivity contribution >= 4 is 38.4 Å². The summed E-state index contributed by atoms with van der Waals surface area (Å²) in [5.74, 6) is 2.68. The molecule has 1 aliphatic rings. The van der Waals surface area contributed by atoms with Gasteiger partial charge in [0, 0.05) is 17.9 Å². The molecule has 0 unspecified atom stereocenters. The summed E-state index contributed by atoms with van der Waals surface area (Å²) in [5, 5.41) is 0.831. The van der Waals surface area contributed by atoms with Crippen molar-refractivity contribution in [2.24, 2.45) is 0 Å². The minimum Gasteiger partial charge on any atom is -1.00 e. The Labute approximate surface area is 119 Å². The van der Waals surface area contributed by atoms with Crippen LogP contribution in [0.2, 0.25) is 0 Å². The Morgan fingerprint density at radius 2 is 2.11 bits per heavy atom. The van der Waals surface area contributed by atoms with E-state index in [0.717, 1.165) is 39.1 Å². The maximum absolute atomic E-state index is 6.04. The molecule has 2 heterocycles. The topological polar surface area (TPSA) is 48.4 Å². The van der Waals surface area contributed by atoms with Gasteiger partial charge in [-0.1, -0.05) is 0 Å². The van der Waals surface area contributed by atoms with Crippen LogP contribution in [0, 0.1) is 0 Å². The zero-order valence-electron chi connectivity index (χ0n) is 9.81. The Morgan fingerprint density at radius 1 is 1.39 bits per heavy atom. The number of anilines is 1. The van der Waals surface area contributed by atoms with Gasteiger partial charge in [-0.25, -0.2) is 4.57 Å². The highest BCUT2D eigenvalue weighted by atomic mass is 35.5. The van der Waals surface area contributed by atoms with E-state index in [-0.39, 0.29) is 12.4 Å². The molecule has 1 aliphatic heterocycles. The monoisotopic (exact) mass is 304 g/mol. The lowest BCUT2D eigenvalue weighted by molar-refractivity contribution is -0.648. The highest BCUT2D eigenvalue weighted by Gasteiger charge is 2.21. The maximum Gasteiger partial charge on any atom is 0.332 e. The Kier molecular flexibility index (Phi) is 4.09. The van der Waals surface area contributed by atoms with Gasteiger partial charge in [-0.3, -0.25) is 5.73 Å². The van der Waals surface area contributed by atoms with Crippen LogP contribution in [-0.2, 0) is 6.54 Å². The van der Waals surface area contributed by atoms with Gasteiger partial charge in [0.1, 0.15) is 12.1 Å². The van der Waals surface area contributed by atoms with Crippen molar-refractivity contribution in [3.05, 3.63) is 12.1 Å². The molecule has 4 nitrogen and oxygen atoms in total. The molecule has 2 N–H and O–H groups in total. The first-order chi connectivity index (χ1) is 8.29. The first-order valence-corrected chi connectivity index (χ1v) is 7.51. The largest absolute Gasteiger partial charge is 1.00 e. The predicted octanol–water partition coefficient (Wildman–Crippen LogP) is -1.13. The van der Waals surface area contributed by atoms with Crippen LogP contribution in [0.4, 0.5) is 5.13 Å². The van der Waals surface area contributed by atoms with Crippen molar-refractivity contribution in [1.82, 2.24) is 0 Å². The fourth-order valence-electron chi connectivity index (χ4n) is 1.90. The molecule has 0 bridgehead atoms. The summed E-state index contributed by atoms with van der Waals surface area (Å²) in [6.07, 6.45) is 2.10. The molecule has 98 valence electrons. The number of fused-ring (bicyclic) bond motifs is 2. The van der Waals surface area contributed by atoms with Crippen LogP contribution in [0.25, 0.3) is 10.2 Å². The van der Waals surface area contributed by atoms with Crippen LogP contribution in [-0.4, -0.2) is 18.8 Å². The Balaban J connectivity index is 0.00000120. The summed E-state index contributed by atoms with van der Waals surface area (Å²) in [4.78, 5) is 0. The molecule has 0 radical (unpaired) electrons. The lowest BCUT2D eigenvalue weighted by Crippen LogP contribution is -3.00. The minimum atomic E-state index is 0. The number of nitrogens with two attached hydrogens (primary N) is 1. The van der Waals surface area contributed by atoms with Gasteiger partial charge in [-0.2, -0.15) is 11.8 Å². The Bertz CT molecular complexity index is 574. The number of nitrogens with zero attached hydrogens (tertiary/aromatic N) is 1. The molecule has 2 aromatic rings. The molecule has 0 atom stereocenters. The standard InChI is InChI=1S/C11H12N2O2S2.ClH/c1-16-3-2-13-7-4-8-9(15-6-14-8)5-10(7)17-11(13)12;/h4-5,12H,2-3,6H2,1H3;1H. The second-order valence-electron chi connectivity index (χ2n) is 3.76. The van der Waals surface area contributed by atoms with Crippen LogP contribution in [0.5, 0.6) is 11.5 Å². The summed E-state index contributed by atoms with van der Waals surface area (Å²) in [6, 6.07) is 4.03. The van der Waals surface area contributed by atoms with E-state index in [2.05, 4.69) is 10.8 Å². The quantitative estimate of drug-likeness (QED) is 0.729. The van der Waals surface area contributed by atoms with E-state index in [9.17, 15) is 0 Å². The molecule has 0 amide bonds. The van der Waals surface area contributed by atoms with Gasteiger partial charge in [0.2, 0.25) is 6.79 Å². The number of aromatic nitrogens is 1. The van der Waals surface area contributed by atoms with E-state index in [1.54, 1.807) is 11.3 Å². The van der Waals surface area contributed by atoms with Crippen LogP contribution >= 0.6 is 23.1 Å². The van der Waals surface area contributed by atoms with E-state index >= 15 is 0 Å². The fraction of sp³-hybridized carbons (Fsp3) is 0.364. The number of hydrogen-bond acceptors (Lipinski definition) is 5. The number of nitrogen functional groups attached to an aromatic ring is 1. The predicted molar refractivity (Wildman–Crippen MR) is 70.9 cm³/mol. The molecule has 0 fully saturated rings. The lowest BCUT2D eigenvalue weighted by atomic mass is 10.3. The number of ether oxygens (including phenoxy) is 2. The van der Waals surface area contributed by atoms with E-state index in [1.807, 2.05) is 23.9 Å². The van der Waals surface area contributed by atoms with Crippen molar-refractivity contribution in [2.45, 2.75) is 6.54 Å². The summed E-state index contributed by atoms with van der Waals surface area (Å²) in [7, 11) is 0. The molecule has 3 rings (SSSR count). The van der Waals surface area contributed by atoms with Crippen LogP contribution < -0.4 is 32.2 Å². The van der Waals surface area contributed by atoms with Gasteiger partial charge in [0.25, 0.3) is 0 Å². The Hall–Kier alpha value is -0.850. The average molecular weight is 305 g/mol. The van der Waals surface area contributed by atoms with Gasteiger partial charge in [-0.05, 0) is 17.6 Å². The van der Waals surface area contributed by atoms with Gasteiger partial charge in [-0.15, -0.1) is 0 Å². The van der Waals surface area contributed by atoms with Crippen molar-refractivity contribution in [1.29, 1.82) is 0 Å². The van der Waals surface area contributed by atoms with Crippen LogP contribution in [0.1, 0.15) is 0 Å². The second-order valence-corrected chi connectivity index (χ2v) is 5.81. The second kappa shape index (κ2) is 5.42. The molecule has 0 spiro atoms. The van der Waals surface area contributed by atoms with E-state index < -0.39 is 0 Å². The molecule has 1 aromatic carbocycles. The van der Waals surface area contributed by atoms with Gasteiger partial charge >= 0.3 is 5.13 Å². The first kappa shape index (κ1) is 13.6. The van der Waals surface area contributed by atoms with E-state index in [4.69, 9.17) is 15.2 Å². The minimum absolute atomic E-state index is 0. The third kappa shape index (κ3) is 2.20. The molecular weight excluding hydrogens is 292 g/mol. The van der Waals surface area contributed by atoms with Crippen LogP contribution in [0.15, 0.2) is 12.1 Å². The number of benzene rings is 1. The molecule has 1 aromatic heterocycles. The third-order valence-electron chi connectivity index (χ3n) is 2.74. The number of hydrogen-bond donors (Lipinski definition) is 1. The summed E-state index contributed by atoms with van der Waals surface area (Å²) in [6.45, 7) is 1.24. The number of halogens is 1. The number of aryl methyl sites for hydroxylation is 1. The number of thioether (sulfide) groups is 1. The summed E-state index contributed by atoms with van der Waals surface area (Å²) >= 11 is 3.41. The SMILES string of the molecule is CSCC[n+]1c(N)sc2cc3c(cc21)OCO3.[Cl-]. The molecule has 0 saturated carbocycles. The van der Waals surface area contributed by atoms with Gasteiger partial charge < -0.3 is 21.9 Å². The fourth-order valence-corrected chi connectivity index (χ4v) is 3.23. The van der Waals surface area contributed by atoms with Gasteiger partial charge in [0.05, 0.1) is 4.70 Å². The number of thiazole rings is 1. The molecule has 0 saturated heterocycles.